The first-order valence-electron chi connectivity index (χ1n) is 13.1. The minimum atomic E-state index is -0.708. The zero-order chi connectivity index (χ0) is 28.2. The van der Waals surface area contributed by atoms with Crippen molar-refractivity contribution in [2.45, 2.75) is 52.4 Å². The SMILES string of the molecule is CCCCCc1ccc(C(=O)Oc2ccc(N(C=O)c3cc(N)cc(N)c3)cc2NC(=O)OCCCC)cc1. The van der Waals surface area contributed by atoms with Crippen LogP contribution in [0, 0.1) is 0 Å². The van der Waals surface area contributed by atoms with E-state index >= 15 is 0 Å². The number of hydrogen-bond acceptors (Lipinski definition) is 7. The summed E-state index contributed by atoms with van der Waals surface area (Å²) in [5.74, 6) is -0.484. The van der Waals surface area contributed by atoms with Crippen molar-refractivity contribution in [1.82, 2.24) is 0 Å². The molecule has 0 fully saturated rings. The topological polar surface area (TPSA) is 137 Å². The van der Waals surface area contributed by atoms with Crippen molar-refractivity contribution in [3.8, 4) is 5.75 Å². The number of nitrogens with two attached hydrogens (primary N) is 2. The van der Waals surface area contributed by atoms with Crippen molar-refractivity contribution in [3.05, 3.63) is 71.8 Å². The molecule has 3 aromatic rings. The van der Waals surface area contributed by atoms with Gasteiger partial charge >= 0.3 is 12.1 Å². The van der Waals surface area contributed by atoms with Crippen molar-refractivity contribution in [1.29, 1.82) is 0 Å². The average molecular weight is 533 g/mol. The predicted octanol–water partition coefficient (Wildman–Crippen LogP) is 6.45. The van der Waals surface area contributed by atoms with E-state index in [4.69, 9.17) is 20.9 Å². The lowest BCUT2D eigenvalue weighted by Crippen LogP contribution is -2.18. The Balaban J connectivity index is 1.87. The largest absolute Gasteiger partial charge is 0.449 e. The Hall–Kier alpha value is -4.53. The van der Waals surface area contributed by atoms with E-state index in [-0.39, 0.29) is 18.0 Å². The summed E-state index contributed by atoms with van der Waals surface area (Å²) >= 11 is 0. The number of esters is 1. The van der Waals surface area contributed by atoms with Gasteiger partial charge in [0.15, 0.2) is 5.75 Å². The van der Waals surface area contributed by atoms with Crippen LogP contribution in [0.3, 0.4) is 0 Å². The van der Waals surface area contributed by atoms with Crippen LogP contribution in [0.15, 0.2) is 60.7 Å². The van der Waals surface area contributed by atoms with E-state index in [1.54, 1.807) is 36.4 Å². The van der Waals surface area contributed by atoms with Crippen LogP contribution in [0.2, 0.25) is 0 Å². The second-order valence-corrected chi connectivity index (χ2v) is 9.17. The van der Waals surface area contributed by atoms with Crippen molar-refractivity contribution >= 4 is 46.9 Å². The molecule has 3 rings (SSSR count). The van der Waals surface area contributed by atoms with Crippen molar-refractivity contribution in [2.24, 2.45) is 0 Å². The molecule has 39 heavy (non-hydrogen) atoms. The standard InChI is InChI=1S/C30H36N4O5/c1-3-5-7-8-21-9-11-22(12-10-21)29(36)39-28-14-13-25(19-27(28)33-30(37)38-15-6-4-2)34(20-35)26-17-23(31)16-24(32)18-26/h9-14,16-20H,3-8,15,31-32H2,1-2H3,(H,33,37). The average Bonchev–Trinajstić information content (AvgIpc) is 2.90. The second-order valence-electron chi connectivity index (χ2n) is 9.17. The number of rotatable bonds is 13. The number of carbonyl (C=O) groups excluding carboxylic acids is 3. The highest BCUT2D eigenvalue weighted by molar-refractivity contribution is 5.95. The van der Waals surface area contributed by atoms with Gasteiger partial charge in [-0.15, -0.1) is 0 Å². The fourth-order valence-electron chi connectivity index (χ4n) is 3.92. The quantitative estimate of drug-likeness (QED) is 0.0756. The summed E-state index contributed by atoms with van der Waals surface area (Å²) in [6.07, 6.45) is 5.80. The number of unbranched alkanes of at least 4 members (excludes halogenated alkanes) is 3. The highest BCUT2D eigenvalue weighted by Gasteiger charge is 2.18. The summed E-state index contributed by atoms with van der Waals surface area (Å²) in [4.78, 5) is 38.8. The van der Waals surface area contributed by atoms with Gasteiger partial charge in [0.25, 0.3) is 0 Å². The first kappa shape index (κ1) is 29.0. The van der Waals surface area contributed by atoms with Crippen molar-refractivity contribution < 1.29 is 23.9 Å². The summed E-state index contributed by atoms with van der Waals surface area (Å²) in [5, 5.41) is 2.63. The Morgan fingerprint density at radius 1 is 0.872 bits per heavy atom. The molecule has 0 aliphatic rings. The van der Waals surface area contributed by atoms with Crippen LogP contribution < -0.4 is 26.4 Å². The molecule has 2 amide bonds. The van der Waals surface area contributed by atoms with Crippen LogP contribution in [-0.2, 0) is 16.0 Å². The highest BCUT2D eigenvalue weighted by Crippen LogP contribution is 2.34. The molecule has 9 heteroatoms. The van der Waals surface area contributed by atoms with E-state index in [1.165, 1.54) is 17.0 Å². The lowest BCUT2D eigenvalue weighted by atomic mass is 10.1. The molecular weight excluding hydrogens is 496 g/mol. The minimum absolute atomic E-state index is 0.0983. The van der Waals surface area contributed by atoms with E-state index < -0.39 is 12.1 Å². The summed E-state index contributed by atoms with van der Waals surface area (Å²) in [6, 6.07) is 16.6. The van der Waals surface area contributed by atoms with Gasteiger partial charge in [0, 0.05) is 11.4 Å². The molecule has 0 heterocycles. The molecule has 0 spiro atoms. The number of nitrogens with zero attached hydrogens (tertiary/aromatic N) is 1. The fourth-order valence-corrected chi connectivity index (χ4v) is 3.92. The Labute approximate surface area is 229 Å². The monoisotopic (exact) mass is 532 g/mol. The molecule has 0 saturated carbocycles. The number of nitrogens with one attached hydrogen (secondary N) is 1. The van der Waals surface area contributed by atoms with Gasteiger partial charge in [-0.05, 0) is 73.4 Å². The van der Waals surface area contributed by atoms with Crippen molar-refractivity contribution in [3.63, 3.8) is 0 Å². The maximum absolute atomic E-state index is 12.9. The first-order valence-corrected chi connectivity index (χ1v) is 13.1. The van der Waals surface area contributed by atoms with Crippen LogP contribution in [0.5, 0.6) is 5.75 Å². The lowest BCUT2D eigenvalue weighted by Gasteiger charge is -2.21. The van der Waals surface area contributed by atoms with E-state index in [2.05, 4.69) is 12.2 Å². The molecule has 0 aliphatic heterocycles. The van der Waals surface area contributed by atoms with Gasteiger partial charge < -0.3 is 20.9 Å². The van der Waals surface area contributed by atoms with Gasteiger partial charge in [-0.2, -0.15) is 0 Å². The maximum Gasteiger partial charge on any atom is 0.411 e. The van der Waals surface area contributed by atoms with Crippen molar-refractivity contribution in [2.75, 3.05) is 28.3 Å². The molecule has 0 saturated heterocycles. The number of benzene rings is 3. The zero-order valence-corrected chi connectivity index (χ0v) is 22.4. The molecule has 0 unspecified atom stereocenters. The third kappa shape index (κ3) is 8.49. The zero-order valence-electron chi connectivity index (χ0n) is 22.4. The number of hydrogen-bond donors (Lipinski definition) is 3. The van der Waals surface area contributed by atoms with Gasteiger partial charge in [-0.25, -0.2) is 9.59 Å². The molecule has 0 radical (unpaired) electrons. The van der Waals surface area contributed by atoms with Gasteiger partial charge in [0.05, 0.1) is 29.2 Å². The number of carbonyl (C=O) groups is 3. The Bertz CT molecular complexity index is 1260. The van der Waals surface area contributed by atoms with Crippen LogP contribution in [0.4, 0.5) is 33.2 Å². The normalized spacial score (nSPS) is 10.5. The molecular formula is C30H36N4O5. The molecule has 3 aromatic carbocycles. The molecule has 206 valence electrons. The predicted molar refractivity (Wildman–Crippen MR) is 154 cm³/mol. The van der Waals surface area contributed by atoms with E-state index in [0.717, 1.165) is 37.7 Å². The fraction of sp³-hybridized carbons (Fsp3) is 0.300. The minimum Gasteiger partial charge on any atom is -0.449 e. The van der Waals surface area contributed by atoms with Gasteiger partial charge in [-0.1, -0.05) is 45.2 Å². The smallest absolute Gasteiger partial charge is 0.411 e. The molecule has 0 aliphatic carbocycles. The maximum atomic E-state index is 12.9. The summed E-state index contributed by atoms with van der Waals surface area (Å²) < 4.78 is 10.9. The molecule has 5 N–H and O–H groups in total. The molecule has 0 atom stereocenters. The van der Waals surface area contributed by atoms with Crippen LogP contribution in [0.25, 0.3) is 0 Å². The van der Waals surface area contributed by atoms with Gasteiger partial charge in [-0.3, -0.25) is 15.0 Å². The number of anilines is 5. The molecule has 9 nitrogen and oxygen atoms in total. The third-order valence-corrected chi connectivity index (χ3v) is 6.02. The van der Waals surface area contributed by atoms with Crippen LogP contribution >= 0.6 is 0 Å². The summed E-state index contributed by atoms with van der Waals surface area (Å²) in [6.45, 7) is 4.38. The van der Waals surface area contributed by atoms with E-state index in [0.29, 0.717) is 41.1 Å². The van der Waals surface area contributed by atoms with Gasteiger partial charge in [0.1, 0.15) is 0 Å². The Kier molecular flexibility index (Phi) is 10.7. The van der Waals surface area contributed by atoms with E-state index in [9.17, 15) is 14.4 Å². The Morgan fingerprint density at radius 3 is 2.21 bits per heavy atom. The molecule has 0 aromatic heterocycles. The molecule has 0 bridgehead atoms. The van der Waals surface area contributed by atoms with Crippen LogP contribution in [-0.4, -0.2) is 25.1 Å². The van der Waals surface area contributed by atoms with Crippen LogP contribution in [0.1, 0.15) is 61.9 Å². The summed E-state index contributed by atoms with van der Waals surface area (Å²) in [5.41, 5.74) is 15.1. The lowest BCUT2D eigenvalue weighted by molar-refractivity contribution is -0.106. The van der Waals surface area contributed by atoms with E-state index in [1.807, 2.05) is 19.1 Å². The number of amides is 2. The second kappa shape index (κ2) is 14.4. The highest BCUT2D eigenvalue weighted by atomic mass is 16.6. The Morgan fingerprint density at radius 2 is 1.56 bits per heavy atom. The number of nitrogen functional groups attached to an aromatic ring is 2. The third-order valence-electron chi connectivity index (χ3n) is 6.02. The van der Waals surface area contributed by atoms with Gasteiger partial charge in [0.2, 0.25) is 6.41 Å². The first-order chi connectivity index (χ1) is 18.8. The number of ether oxygens (including phenoxy) is 2. The number of aryl methyl sites for hydroxylation is 1. The summed E-state index contributed by atoms with van der Waals surface area (Å²) in [7, 11) is 0.